The van der Waals surface area contributed by atoms with E-state index in [-0.39, 0.29) is 10.6 Å². The third-order valence-electron chi connectivity index (χ3n) is 4.87. The number of benzene rings is 1. The summed E-state index contributed by atoms with van der Waals surface area (Å²) in [6.45, 7) is 4.77. The van der Waals surface area contributed by atoms with Crippen molar-refractivity contribution >= 4 is 22.7 Å². The van der Waals surface area contributed by atoms with Gasteiger partial charge >= 0.3 is 0 Å². The second kappa shape index (κ2) is 8.49. The summed E-state index contributed by atoms with van der Waals surface area (Å²) < 4.78 is 5.35. The minimum Gasteiger partial charge on any atom is -0.369 e. The summed E-state index contributed by atoms with van der Waals surface area (Å²) in [6.07, 6.45) is 1.75. The maximum Gasteiger partial charge on any atom is 0.269 e. The Labute approximate surface area is 166 Å². The quantitative estimate of drug-likeness (QED) is 0.444. The van der Waals surface area contributed by atoms with E-state index in [9.17, 15) is 10.1 Å². The SMILES string of the molecule is O=[N+]([O-])c1ccc(N2CCN(CCCc3nc(-c4cccs4)no3)CC2)cc1. The summed E-state index contributed by atoms with van der Waals surface area (Å²) >= 11 is 1.61. The number of anilines is 1. The van der Waals surface area contributed by atoms with Gasteiger partial charge in [-0.05, 0) is 36.5 Å². The average molecular weight is 399 g/mol. The molecule has 3 aromatic rings. The molecule has 0 saturated carbocycles. The Morgan fingerprint density at radius 3 is 2.61 bits per heavy atom. The van der Waals surface area contributed by atoms with E-state index in [1.807, 2.05) is 29.6 Å². The number of nitrogens with zero attached hydrogens (tertiary/aromatic N) is 5. The van der Waals surface area contributed by atoms with Crippen LogP contribution in [0.1, 0.15) is 12.3 Å². The molecule has 0 bridgehead atoms. The van der Waals surface area contributed by atoms with E-state index < -0.39 is 0 Å². The second-order valence-corrected chi connectivity index (χ2v) is 7.64. The van der Waals surface area contributed by atoms with Gasteiger partial charge in [0.05, 0.1) is 9.80 Å². The molecule has 0 unspecified atom stereocenters. The van der Waals surface area contributed by atoms with E-state index >= 15 is 0 Å². The van der Waals surface area contributed by atoms with Gasteiger partial charge in [-0.25, -0.2) is 0 Å². The fourth-order valence-corrected chi connectivity index (χ4v) is 3.98. The molecule has 1 aromatic carbocycles. The lowest BCUT2D eigenvalue weighted by molar-refractivity contribution is -0.384. The summed E-state index contributed by atoms with van der Waals surface area (Å²) in [5, 5.41) is 16.8. The fourth-order valence-electron chi connectivity index (χ4n) is 3.33. The first-order valence-corrected chi connectivity index (χ1v) is 10.2. The van der Waals surface area contributed by atoms with Crippen molar-refractivity contribution in [1.29, 1.82) is 0 Å². The van der Waals surface area contributed by atoms with Crippen molar-refractivity contribution in [2.75, 3.05) is 37.6 Å². The number of aromatic nitrogens is 2. The normalized spacial score (nSPS) is 15.1. The van der Waals surface area contributed by atoms with Crippen molar-refractivity contribution in [3.63, 3.8) is 0 Å². The fraction of sp³-hybridized carbons (Fsp3) is 0.368. The predicted molar refractivity (Wildman–Crippen MR) is 108 cm³/mol. The summed E-state index contributed by atoms with van der Waals surface area (Å²) in [7, 11) is 0. The molecule has 1 aliphatic rings. The van der Waals surface area contributed by atoms with Gasteiger partial charge in [-0.15, -0.1) is 11.3 Å². The Kier molecular flexibility index (Phi) is 5.63. The number of hydrogen-bond acceptors (Lipinski definition) is 8. The van der Waals surface area contributed by atoms with Crippen LogP contribution in [0.3, 0.4) is 0 Å². The molecule has 0 radical (unpaired) electrons. The molecule has 1 saturated heterocycles. The zero-order valence-corrected chi connectivity index (χ0v) is 16.2. The maximum absolute atomic E-state index is 10.8. The van der Waals surface area contributed by atoms with Crippen LogP contribution in [0.15, 0.2) is 46.3 Å². The van der Waals surface area contributed by atoms with Crippen molar-refractivity contribution in [3.8, 4) is 10.7 Å². The van der Waals surface area contributed by atoms with Crippen molar-refractivity contribution in [2.45, 2.75) is 12.8 Å². The number of nitro groups is 1. The van der Waals surface area contributed by atoms with Crippen LogP contribution in [0.25, 0.3) is 10.7 Å². The molecule has 1 fully saturated rings. The van der Waals surface area contributed by atoms with Gasteiger partial charge in [0, 0.05) is 50.4 Å². The number of non-ortho nitro benzene ring substituents is 1. The van der Waals surface area contributed by atoms with Gasteiger partial charge < -0.3 is 9.42 Å². The van der Waals surface area contributed by atoms with Crippen LogP contribution in [0.4, 0.5) is 11.4 Å². The zero-order valence-electron chi connectivity index (χ0n) is 15.4. The number of piperazine rings is 1. The molecule has 9 heteroatoms. The topological polar surface area (TPSA) is 88.5 Å². The monoisotopic (exact) mass is 399 g/mol. The molecule has 0 atom stereocenters. The first kappa shape index (κ1) is 18.6. The highest BCUT2D eigenvalue weighted by molar-refractivity contribution is 7.13. The van der Waals surface area contributed by atoms with Gasteiger partial charge in [-0.1, -0.05) is 11.2 Å². The third-order valence-corrected chi connectivity index (χ3v) is 5.74. The minimum absolute atomic E-state index is 0.130. The number of rotatable bonds is 7. The van der Waals surface area contributed by atoms with Crippen LogP contribution >= 0.6 is 11.3 Å². The van der Waals surface area contributed by atoms with Crippen LogP contribution < -0.4 is 4.90 Å². The number of thiophene rings is 1. The smallest absolute Gasteiger partial charge is 0.269 e. The van der Waals surface area contributed by atoms with Gasteiger partial charge in [0.15, 0.2) is 0 Å². The van der Waals surface area contributed by atoms with Gasteiger partial charge in [0.2, 0.25) is 11.7 Å². The Morgan fingerprint density at radius 1 is 1.14 bits per heavy atom. The van der Waals surface area contributed by atoms with Crippen LogP contribution in [-0.4, -0.2) is 52.7 Å². The number of aryl methyl sites for hydroxylation is 1. The van der Waals surface area contributed by atoms with Crippen LogP contribution in [-0.2, 0) is 6.42 Å². The molecular weight excluding hydrogens is 378 g/mol. The Bertz CT molecular complexity index is 902. The lowest BCUT2D eigenvalue weighted by atomic mass is 10.2. The average Bonchev–Trinajstić information content (AvgIpc) is 3.40. The highest BCUT2D eigenvalue weighted by Gasteiger charge is 2.18. The third kappa shape index (κ3) is 4.37. The summed E-state index contributed by atoms with van der Waals surface area (Å²) in [5.41, 5.74) is 1.17. The standard InChI is InChI=1S/C19H21N5O3S/c25-24(26)16-7-5-15(6-8-16)23-12-10-22(11-13-23)9-1-4-18-20-19(21-27-18)17-3-2-14-28-17/h2-3,5-8,14H,1,4,9-13H2. The van der Waals surface area contributed by atoms with E-state index in [4.69, 9.17) is 4.52 Å². The molecule has 0 N–H and O–H groups in total. The van der Waals surface area contributed by atoms with Crippen LogP contribution in [0.2, 0.25) is 0 Å². The van der Waals surface area contributed by atoms with Crippen molar-refractivity contribution in [2.24, 2.45) is 0 Å². The van der Waals surface area contributed by atoms with E-state index in [0.29, 0.717) is 11.7 Å². The highest BCUT2D eigenvalue weighted by atomic mass is 32.1. The lowest BCUT2D eigenvalue weighted by Crippen LogP contribution is -2.46. The van der Waals surface area contributed by atoms with Crippen LogP contribution in [0.5, 0.6) is 0 Å². The van der Waals surface area contributed by atoms with Gasteiger partial charge in [0.1, 0.15) is 0 Å². The molecule has 3 heterocycles. The molecule has 8 nitrogen and oxygen atoms in total. The second-order valence-electron chi connectivity index (χ2n) is 6.69. The first-order valence-electron chi connectivity index (χ1n) is 9.27. The molecule has 0 spiro atoms. The maximum atomic E-state index is 10.8. The molecule has 0 amide bonds. The summed E-state index contributed by atoms with van der Waals surface area (Å²) in [6, 6.07) is 10.8. The van der Waals surface area contributed by atoms with E-state index in [1.54, 1.807) is 23.5 Å². The van der Waals surface area contributed by atoms with E-state index in [2.05, 4.69) is 19.9 Å². The van der Waals surface area contributed by atoms with Gasteiger partial charge in [0.25, 0.3) is 5.69 Å². The molecule has 28 heavy (non-hydrogen) atoms. The van der Waals surface area contributed by atoms with Crippen molar-refractivity contribution in [3.05, 3.63) is 57.8 Å². The molecule has 0 aliphatic carbocycles. The van der Waals surface area contributed by atoms with E-state index in [0.717, 1.165) is 56.1 Å². The minimum atomic E-state index is -0.367. The van der Waals surface area contributed by atoms with Gasteiger partial charge in [-0.2, -0.15) is 4.98 Å². The Morgan fingerprint density at radius 2 is 1.93 bits per heavy atom. The molecule has 4 rings (SSSR count). The number of nitro benzene ring substituents is 1. The first-order chi connectivity index (χ1) is 13.7. The van der Waals surface area contributed by atoms with Crippen LogP contribution in [0, 0.1) is 10.1 Å². The molecule has 2 aromatic heterocycles. The Balaban J connectivity index is 1.21. The highest BCUT2D eigenvalue weighted by Crippen LogP contribution is 2.22. The number of hydrogen-bond donors (Lipinski definition) is 0. The van der Waals surface area contributed by atoms with Crippen molar-refractivity contribution in [1.82, 2.24) is 15.0 Å². The van der Waals surface area contributed by atoms with Gasteiger partial charge in [-0.3, -0.25) is 15.0 Å². The van der Waals surface area contributed by atoms with Crippen molar-refractivity contribution < 1.29 is 9.45 Å². The summed E-state index contributed by atoms with van der Waals surface area (Å²) in [4.78, 5) is 20.6. The summed E-state index contributed by atoms with van der Waals surface area (Å²) in [5.74, 6) is 1.36. The Hall–Kier alpha value is -2.78. The molecular formula is C19H21N5O3S. The van der Waals surface area contributed by atoms with E-state index in [1.165, 1.54) is 0 Å². The zero-order chi connectivity index (χ0) is 19.3. The molecule has 146 valence electrons. The molecule has 1 aliphatic heterocycles. The lowest BCUT2D eigenvalue weighted by Gasteiger charge is -2.36. The predicted octanol–water partition coefficient (Wildman–Crippen LogP) is 3.46. The largest absolute Gasteiger partial charge is 0.369 e.